The first-order valence-electron chi connectivity index (χ1n) is 11.8. The van der Waals surface area contributed by atoms with E-state index < -0.39 is 16.9 Å². The van der Waals surface area contributed by atoms with Gasteiger partial charge in [0, 0.05) is 28.1 Å². The maximum Gasteiger partial charge on any atom is 0.276 e. The summed E-state index contributed by atoms with van der Waals surface area (Å²) >= 11 is 18.6. The van der Waals surface area contributed by atoms with Crippen LogP contribution in [0.3, 0.4) is 0 Å². The Morgan fingerprint density at radius 2 is 1.68 bits per heavy atom. The molecule has 0 spiro atoms. The molecule has 1 aliphatic heterocycles. The second-order valence-corrected chi connectivity index (χ2v) is 10.7. The minimum Gasteiger partial charge on any atom is -0.267 e. The zero-order valence-electron chi connectivity index (χ0n) is 19.8. The number of allylic oxidation sites excluding steroid dienone is 1. The number of nitrogens with zero attached hydrogens (tertiary/aromatic N) is 3. The van der Waals surface area contributed by atoms with Crippen molar-refractivity contribution >= 4 is 58.2 Å². The summed E-state index contributed by atoms with van der Waals surface area (Å²) in [6.45, 7) is 2.19. The molecule has 0 unspecified atom stereocenters. The van der Waals surface area contributed by atoms with Crippen LogP contribution in [0.5, 0.6) is 0 Å². The molecule has 0 saturated heterocycles. The second kappa shape index (κ2) is 10.3. The highest BCUT2D eigenvalue weighted by Crippen LogP contribution is 2.47. The minimum atomic E-state index is -0.548. The van der Waals surface area contributed by atoms with Crippen LogP contribution in [0.2, 0.25) is 15.1 Å². The molecule has 188 valence electrons. The number of carbonyl (C=O) groups is 1. The van der Waals surface area contributed by atoms with Gasteiger partial charge in [-0.2, -0.15) is 5.10 Å². The molecule has 3 aromatic carbocycles. The third-order valence-electron chi connectivity index (χ3n) is 6.79. The normalized spacial score (nSPS) is 22.1. The number of hydrogen-bond acceptors (Lipinski definition) is 4. The van der Waals surface area contributed by atoms with Gasteiger partial charge in [-0.1, -0.05) is 66.0 Å². The first-order chi connectivity index (χ1) is 17.7. The lowest BCUT2D eigenvalue weighted by molar-refractivity contribution is -0.384. The van der Waals surface area contributed by atoms with E-state index in [0.29, 0.717) is 16.0 Å². The fourth-order valence-corrected chi connectivity index (χ4v) is 5.57. The molecule has 9 heteroatoms. The fourth-order valence-electron chi connectivity index (χ4n) is 5.12. The lowest BCUT2D eigenvalue weighted by Crippen LogP contribution is -2.33. The Morgan fingerprint density at radius 1 is 1.03 bits per heavy atom. The topological polar surface area (TPSA) is 75.8 Å². The van der Waals surface area contributed by atoms with Crippen LogP contribution < -0.4 is 0 Å². The molecule has 37 heavy (non-hydrogen) atoms. The molecule has 0 N–H and O–H groups in total. The highest BCUT2D eigenvalue weighted by molar-refractivity contribution is 6.34. The molecule has 2 aliphatic rings. The molecule has 1 amide bonds. The summed E-state index contributed by atoms with van der Waals surface area (Å²) in [5, 5.41) is 19.0. The van der Waals surface area contributed by atoms with Crippen LogP contribution in [-0.2, 0) is 0 Å². The number of benzene rings is 3. The quantitative estimate of drug-likeness (QED) is 0.241. The van der Waals surface area contributed by atoms with Crippen molar-refractivity contribution in [3.63, 3.8) is 0 Å². The van der Waals surface area contributed by atoms with Gasteiger partial charge in [0.25, 0.3) is 11.6 Å². The molecule has 1 heterocycles. The van der Waals surface area contributed by atoms with Crippen molar-refractivity contribution in [2.45, 2.75) is 25.8 Å². The largest absolute Gasteiger partial charge is 0.276 e. The van der Waals surface area contributed by atoms with Gasteiger partial charge in [-0.05, 0) is 71.9 Å². The summed E-state index contributed by atoms with van der Waals surface area (Å²) < 4.78 is 0. The van der Waals surface area contributed by atoms with Gasteiger partial charge in [0.1, 0.15) is 0 Å². The Kier molecular flexibility index (Phi) is 7.08. The number of hydrogen-bond donors (Lipinski definition) is 0. The number of hydrazone groups is 1. The molecular formula is C28H22Cl3N3O3. The van der Waals surface area contributed by atoms with Crippen LogP contribution >= 0.6 is 34.8 Å². The molecule has 1 aliphatic carbocycles. The zero-order chi connectivity index (χ0) is 26.3. The number of non-ortho nitro benzene ring substituents is 1. The van der Waals surface area contributed by atoms with Crippen LogP contribution in [0.1, 0.15) is 47.3 Å². The van der Waals surface area contributed by atoms with E-state index in [2.05, 4.69) is 13.0 Å². The number of carbonyl (C=O) groups excluding carboxylic acids is 1. The van der Waals surface area contributed by atoms with Gasteiger partial charge in [0.15, 0.2) is 0 Å². The van der Waals surface area contributed by atoms with Crippen molar-refractivity contribution in [3.8, 4) is 0 Å². The SMILES string of the molecule is C[C@@H]1C/C(=C\c2ccc(Cl)cc2)C2=NN(C(=O)c3cc([N+](=O)[O-])ccc3Cl)[C@@H](c3ccc(Cl)cc3)[C@H]2C1. The number of nitro groups is 1. The number of amides is 1. The number of rotatable bonds is 4. The maximum atomic E-state index is 13.9. The molecule has 0 bridgehead atoms. The summed E-state index contributed by atoms with van der Waals surface area (Å²) in [5.41, 5.74) is 3.58. The fraction of sp³-hybridized carbons (Fsp3) is 0.214. The summed E-state index contributed by atoms with van der Waals surface area (Å²) in [5.74, 6) is -0.201. The lowest BCUT2D eigenvalue weighted by atomic mass is 9.73. The van der Waals surface area contributed by atoms with Gasteiger partial charge in [0.2, 0.25) is 0 Å². The molecule has 3 aromatic rings. The average Bonchev–Trinajstić information content (AvgIpc) is 3.25. The van der Waals surface area contributed by atoms with Gasteiger partial charge < -0.3 is 0 Å². The van der Waals surface area contributed by atoms with Crippen LogP contribution in [0, 0.1) is 22.0 Å². The highest BCUT2D eigenvalue weighted by Gasteiger charge is 2.45. The van der Waals surface area contributed by atoms with E-state index in [-0.39, 0.29) is 22.2 Å². The Labute approximate surface area is 229 Å². The summed E-state index contributed by atoms with van der Waals surface area (Å²) in [7, 11) is 0. The van der Waals surface area contributed by atoms with Crippen molar-refractivity contribution in [1.29, 1.82) is 0 Å². The standard InChI is InChI=1S/C28H22Cl3N3O3/c1-16-12-19(14-17-2-6-20(29)7-3-17)26-24(13-16)27(18-4-8-21(30)9-5-18)33(32-26)28(35)23-15-22(34(36)37)10-11-25(23)31/h2-11,14-16,24,27H,12-13H2,1H3/b19-14+/t16-,24+,27+/m1/s1. The van der Waals surface area contributed by atoms with E-state index in [9.17, 15) is 14.9 Å². The molecule has 6 nitrogen and oxygen atoms in total. The number of nitro benzene ring substituents is 1. The predicted octanol–water partition coefficient (Wildman–Crippen LogP) is 8.24. The van der Waals surface area contributed by atoms with Gasteiger partial charge >= 0.3 is 0 Å². The Balaban J connectivity index is 1.62. The zero-order valence-corrected chi connectivity index (χ0v) is 22.0. The van der Waals surface area contributed by atoms with E-state index in [0.717, 1.165) is 35.3 Å². The monoisotopic (exact) mass is 553 g/mol. The van der Waals surface area contributed by atoms with E-state index >= 15 is 0 Å². The van der Waals surface area contributed by atoms with Crippen molar-refractivity contribution in [3.05, 3.63) is 114 Å². The highest BCUT2D eigenvalue weighted by atomic mass is 35.5. The first kappa shape index (κ1) is 25.5. The Bertz CT molecular complexity index is 1440. The van der Waals surface area contributed by atoms with Crippen LogP contribution in [0.15, 0.2) is 77.4 Å². The predicted molar refractivity (Wildman–Crippen MR) is 147 cm³/mol. The van der Waals surface area contributed by atoms with Crippen LogP contribution in [0.25, 0.3) is 6.08 Å². The van der Waals surface area contributed by atoms with Gasteiger partial charge in [-0.15, -0.1) is 0 Å². The van der Waals surface area contributed by atoms with Crippen molar-refractivity contribution in [1.82, 2.24) is 5.01 Å². The summed E-state index contributed by atoms with van der Waals surface area (Å²) in [6.07, 6.45) is 3.73. The maximum absolute atomic E-state index is 13.9. The van der Waals surface area contributed by atoms with E-state index in [4.69, 9.17) is 39.9 Å². The summed E-state index contributed by atoms with van der Waals surface area (Å²) in [6, 6.07) is 18.4. The average molecular weight is 555 g/mol. The van der Waals surface area contributed by atoms with Gasteiger partial charge in [-0.25, -0.2) is 5.01 Å². The number of fused-ring (bicyclic) bond motifs is 1. The molecule has 5 rings (SSSR count). The van der Waals surface area contributed by atoms with Crippen molar-refractivity contribution < 1.29 is 9.72 Å². The summed E-state index contributed by atoms with van der Waals surface area (Å²) in [4.78, 5) is 24.7. The van der Waals surface area contributed by atoms with E-state index in [1.807, 2.05) is 36.4 Å². The van der Waals surface area contributed by atoms with Crippen molar-refractivity contribution in [2.24, 2.45) is 16.9 Å². The lowest BCUT2D eigenvalue weighted by Gasteiger charge is -2.32. The van der Waals surface area contributed by atoms with Crippen LogP contribution in [-0.4, -0.2) is 21.6 Å². The second-order valence-electron chi connectivity index (χ2n) is 9.43. The minimum absolute atomic E-state index is 0.0362. The molecule has 3 atom stereocenters. The Morgan fingerprint density at radius 3 is 2.32 bits per heavy atom. The third kappa shape index (κ3) is 5.14. The third-order valence-corrected chi connectivity index (χ3v) is 7.62. The number of halogens is 3. The smallest absolute Gasteiger partial charge is 0.267 e. The Hall–Kier alpha value is -3.19. The molecular weight excluding hydrogens is 533 g/mol. The molecule has 1 saturated carbocycles. The van der Waals surface area contributed by atoms with Gasteiger partial charge in [0.05, 0.1) is 27.3 Å². The van der Waals surface area contributed by atoms with Gasteiger partial charge in [-0.3, -0.25) is 14.9 Å². The van der Waals surface area contributed by atoms with Crippen LogP contribution in [0.4, 0.5) is 5.69 Å². The van der Waals surface area contributed by atoms with E-state index in [1.54, 1.807) is 12.1 Å². The molecule has 0 aromatic heterocycles. The molecule has 0 radical (unpaired) electrons. The van der Waals surface area contributed by atoms with Crippen molar-refractivity contribution in [2.75, 3.05) is 0 Å². The molecule has 1 fully saturated rings. The first-order valence-corrected chi connectivity index (χ1v) is 12.9. The van der Waals surface area contributed by atoms with E-state index in [1.165, 1.54) is 23.2 Å².